The molecule has 2 aliphatic carbocycles. The summed E-state index contributed by atoms with van der Waals surface area (Å²) in [7, 11) is 1.74. The van der Waals surface area contributed by atoms with Gasteiger partial charge < -0.3 is 15.0 Å². The van der Waals surface area contributed by atoms with Crippen molar-refractivity contribution in [3.05, 3.63) is 0 Å². The lowest BCUT2D eigenvalue weighted by Gasteiger charge is -2.41. The fraction of sp³-hybridized carbons (Fsp3) is 0.895. The maximum absolute atomic E-state index is 12.9. The fourth-order valence-electron chi connectivity index (χ4n) is 3.74. The maximum Gasteiger partial charge on any atom is 0.225 e. The monoisotopic (exact) mass is 338 g/mol. The number of nitrogens with zero attached hydrogens (tertiary/aromatic N) is 1. The average molecular weight is 338 g/mol. The van der Waals surface area contributed by atoms with Gasteiger partial charge in [0, 0.05) is 37.6 Å². The second kappa shape index (κ2) is 8.32. The summed E-state index contributed by atoms with van der Waals surface area (Å²) in [5, 5.41) is 3.26. The van der Waals surface area contributed by atoms with Crippen molar-refractivity contribution in [2.75, 3.05) is 13.7 Å². The third-order valence-corrected chi connectivity index (χ3v) is 5.46. The lowest BCUT2D eigenvalue weighted by atomic mass is 9.77. The summed E-state index contributed by atoms with van der Waals surface area (Å²) in [4.78, 5) is 27.2. The van der Waals surface area contributed by atoms with Crippen LogP contribution < -0.4 is 5.32 Å². The largest absolute Gasteiger partial charge is 0.381 e. The summed E-state index contributed by atoms with van der Waals surface area (Å²) < 4.78 is 5.47. The first-order chi connectivity index (χ1) is 11.4. The molecular weight excluding hydrogens is 304 g/mol. The van der Waals surface area contributed by atoms with E-state index in [1.54, 1.807) is 7.11 Å². The minimum atomic E-state index is -0.382. The van der Waals surface area contributed by atoms with Gasteiger partial charge in [0.25, 0.3) is 0 Å². The molecule has 2 fully saturated rings. The van der Waals surface area contributed by atoms with Gasteiger partial charge in [-0.25, -0.2) is 0 Å². The third kappa shape index (κ3) is 4.95. The first-order valence-electron chi connectivity index (χ1n) is 9.55. The van der Waals surface area contributed by atoms with Crippen molar-refractivity contribution in [2.45, 2.75) is 89.8 Å². The number of carbonyl (C=O) groups excluding carboxylic acids is 2. The van der Waals surface area contributed by atoms with Gasteiger partial charge >= 0.3 is 0 Å². The Hall–Kier alpha value is -1.10. The second-order valence-corrected chi connectivity index (χ2v) is 7.84. The molecule has 0 aromatic carbocycles. The molecule has 0 aromatic heterocycles. The fourth-order valence-corrected chi connectivity index (χ4v) is 3.74. The number of amides is 2. The van der Waals surface area contributed by atoms with Crippen molar-refractivity contribution in [3.63, 3.8) is 0 Å². The summed E-state index contributed by atoms with van der Waals surface area (Å²) in [5.74, 6) is 0.484. The van der Waals surface area contributed by atoms with Gasteiger partial charge in [-0.05, 0) is 58.8 Å². The Morgan fingerprint density at radius 2 is 1.83 bits per heavy atom. The number of hydrogen-bond donors (Lipinski definition) is 1. The summed E-state index contributed by atoms with van der Waals surface area (Å²) >= 11 is 0. The summed E-state index contributed by atoms with van der Waals surface area (Å²) in [5.41, 5.74) is -0.382. The third-order valence-electron chi connectivity index (χ3n) is 5.46. The Labute approximate surface area is 146 Å². The maximum atomic E-state index is 12.9. The first kappa shape index (κ1) is 19.2. The summed E-state index contributed by atoms with van der Waals surface area (Å²) in [6, 6.07) is 0.198. The zero-order valence-electron chi connectivity index (χ0n) is 15.8. The van der Waals surface area contributed by atoms with E-state index in [9.17, 15) is 9.59 Å². The first-order valence-corrected chi connectivity index (χ1v) is 9.55. The predicted octanol–water partition coefficient (Wildman–Crippen LogP) is 2.88. The molecule has 0 aromatic rings. The van der Waals surface area contributed by atoms with Crippen LogP contribution in [0.2, 0.25) is 0 Å². The Morgan fingerprint density at radius 3 is 2.29 bits per heavy atom. The minimum absolute atomic E-state index is 0.144. The van der Waals surface area contributed by atoms with Crippen LogP contribution in [0.3, 0.4) is 0 Å². The Bertz CT molecular complexity index is 438. The van der Waals surface area contributed by atoms with Gasteiger partial charge in [-0.15, -0.1) is 0 Å². The predicted molar refractivity (Wildman–Crippen MR) is 94.6 cm³/mol. The lowest BCUT2D eigenvalue weighted by molar-refractivity contribution is -0.136. The van der Waals surface area contributed by atoms with Crippen LogP contribution in [0.25, 0.3) is 0 Å². The Morgan fingerprint density at radius 1 is 1.21 bits per heavy atom. The SMILES string of the molecule is CCCN(C(=O)CC1(NC(=O)C2CC2)CCC(OC)CC1)C(C)C. The van der Waals surface area contributed by atoms with E-state index in [1.807, 2.05) is 4.90 Å². The molecule has 2 aliphatic rings. The molecule has 0 unspecified atom stereocenters. The molecule has 0 saturated heterocycles. The van der Waals surface area contributed by atoms with E-state index in [1.165, 1.54) is 0 Å². The molecule has 0 bridgehead atoms. The quantitative estimate of drug-likeness (QED) is 0.740. The zero-order valence-corrected chi connectivity index (χ0v) is 15.8. The van der Waals surface area contributed by atoms with E-state index in [4.69, 9.17) is 4.74 Å². The van der Waals surface area contributed by atoms with Gasteiger partial charge in [-0.3, -0.25) is 9.59 Å². The molecule has 0 spiro atoms. The molecule has 2 amide bonds. The molecule has 5 heteroatoms. The van der Waals surface area contributed by atoms with Crippen LogP contribution in [0, 0.1) is 5.92 Å². The van der Waals surface area contributed by atoms with Crippen molar-refractivity contribution in [1.29, 1.82) is 0 Å². The van der Waals surface area contributed by atoms with Crippen molar-refractivity contribution in [1.82, 2.24) is 10.2 Å². The number of nitrogens with one attached hydrogen (secondary N) is 1. The number of hydrogen-bond acceptors (Lipinski definition) is 3. The molecule has 1 N–H and O–H groups in total. The number of rotatable bonds is 8. The molecule has 5 nitrogen and oxygen atoms in total. The smallest absolute Gasteiger partial charge is 0.225 e. The highest BCUT2D eigenvalue weighted by Gasteiger charge is 2.42. The summed E-state index contributed by atoms with van der Waals surface area (Å²) in [6.07, 6.45) is 7.07. The van der Waals surface area contributed by atoms with Crippen LogP contribution in [-0.2, 0) is 14.3 Å². The second-order valence-electron chi connectivity index (χ2n) is 7.84. The number of methoxy groups -OCH3 is 1. The normalized spacial score (nSPS) is 27.1. The van der Waals surface area contributed by atoms with Crippen LogP contribution in [-0.4, -0.2) is 48.1 Å². The van der Waals surface area contributed by atoms with E-state index in [0.29, 0.717) is 6.42 Å². The van der Waals surface area contributed by atoms with E-state index in [2.05, 4.69) is 26.1 Å². The van der Waals surface area contributed by atoms with Crippen LogP contribution in [0.5, 0.6) is 0 Å². The Kier molecular flexibility index (Phi) is 6.67. The van der Waals surface area contributed by atoms with Gasteiger partial charge in [0.1, 0.15) is 0 Å². The zero-order chi connectivity index (χ0) is 17.7. The highest BCUT2D eigenvalue weighted by molar-refractivity contribution is 5.83. The van der Waals surface area contributed by atoms with Gasteiger partial charge in [0.15, 0.2) is 0 Å². The van der Waals surface area contributed by atoms with Gasteiger partial charge in [0.2, 0.25) is 11.8 Å². The molecule has 2 saturated carbocycles. The molecule has 0 atom stereocenters. The van der Waals surface area contributed by atoms with Crippen LogP contribution >= 0.6 is 0 Å². The van der Waals surface area contributed by atoms with E-state index in [-0.39, 0.29) is 35.4 Å². The number of carbonyl (C=O) groups is 2. The van der Waals surface area contributed by atoms with Crippen LogP contribution in [0.15, 0.2) is 0 Å². The molecule has 0 heterocycles. The minimum Gasteiger partial charge on any atom is -0.381 e. The van der Waals surface area contributed by atoms with E-state index >= 15 is 0 Å². The summed E-state index contributed by atoms with van der Waals surface area (Å²) in [6.45, 7) is 7.00. The van der Waals surface area contributed by atoms with E-state index < -0.39 is 0 Å². The van der Waals surface area contributed by atoms with Crippen LogP contribution in [0.1, 0.15) is 72.1 Å². The standard InChI is InChI=1S/C19H34N2O3/c1-5-12-21(14(2)3)17(22)13-19(20-18(23)15-6-7-15)10-8-16(24-4)9-11-19/h14-16H,5-13H2,1-4H3,(H,20,23). The van der Waals surface area contributed by atoms with Crippen molar-refractivity contribution >= 4 is 11.8 Å². The lowest BCUT2D eigenvalue weighted by Crippen LogP contribution is -2.55. The van der Waals surface area contributed by atoms with Crippen molar-refractivity contribution in [3.8, 4) is 0 Å². The van der Waals surface area contributed by atoms with Gasteiger partial charge in [-0.2, -0.15) is 0 Å². The van der Waals surface area contributed by atoms with Crippen molar-refractivity contribution < 1.29 is 14.3 Å². The molecule has 2 rings (SSSR count). The Balaban J connectivity index is 2.07. The van der Waals surface area contributed by atoms with E-state index in [0.717, 1.165) is 51.5 Å². The number of ether oxygens (including phenoxy) is 1. The topological polar surface area (TPSA) is 58.6 Å². The molecule has 0 aliphatic heterocycles. The molecule has 138 valence electrons. The van der Waals surface area contributed by atoms with Crippen LogP contribution in [0.4, 0.5) is 0 Å². The molecular formula is C19H34N2O3. The molecule has 24 heavy (non-hydrogen) atoms. The van der Waals surface area contributed by atoms with Gasteiger partial charge in [-0.1, -0.05) is 6.92 Å². The molecule has 0 radical (unpaired) electrons. The average Bonchev–Trinajstić information content (AvgIpc) is 3.37. The van der Waals surface area contributed by atoms with Crippen molar-refractivity contribution in [2.24, 2.45) is 5.92 Å². The highest BCUT2D eigenvalue weighted by atomic mass is 16.5. The van der Waals surface area contributed by atoms with Gasteiger partial charge in [0.05, 0.1) is 6.10 Å². The highest BCUT2D eigenvalue weighted by Crippen LogP contribution is 2.36.